The maximum absolute atomic E-state index is 13.2. The molecule has 0 heterocycles. The van der Waals surface area contributed by atoms with Crippen LogP contribution in [0.1, 0.15) is 29.7 Å². The molecule has 0 saturated carbocycles. The van der Waals surface area contributed by atoms with Gasteiger partial charge in [0.25, 0.3) is 0 Å². The van der Waals surface area contributed by atoms with E-state index in [4.69, 9.17) is 4.74 Å². The number of hydrogen-bond donors (Lipinski definition) is 1. The summed E-state index contributed by atoms with van der Waals surface area (Å²) in [5.74, 6) is 0.537. The van der Waals surface area contributed by atoms with Crippen LogP contribution in [0.3, 0.4) is 0 Å². The van der Waals surface area contributed by atoms with E-state index in [1.807, 2.05) is 24.3 Å². The Kier molecular flexibility index (Phi) is 6.19. The number of methoxy groups -OCH3 is 1. The van der Waals surface area contributed by atoms with Gasteiger partial charge in [-0.3, -0.25) is 0 Å². The molecule has 0 amide bonds. The molecule has 0 radical (unpaired) electrons. The van der Waals surface area contributed by atoms with Crippen LogP contribution in [0.4, 0.5) is 13.2 Å². The van der Waals surface area contributed by atoms with Gasteiger partial charge in [0.15, 0.2) is 0 Å². The zero-order chi connectivity index (χ0) is 22.7. The topological polar surface area (TPSA) is 21.3 Å². The van der Waals surface area contributed by atoms with Gasteiger partial charge in [0, 0.05) is 18.2 Å². The highest BCUT2D eigenvalue weighted by molar-refractivity contribution is 5.86. The number of rotatable bonds is 6. The second kappa shape index (κ2) is 9.05. The highest BCUT2D eigenvalue weighted by atomic mass is 19.4. The lowest BCUT2D eigenvalue weighted by Gasteiger charge is -2.18. The molecule has 0 bridgehead atoms. The number of hydrogen-bond acceptors (Lipinski definition) is 2. The fourth-order valence-corrected chi connectivity index (χ4v) is 3.96. The average Bonchev–Trinajstić information content (AvgIpc) is 2.81. The Hall–Kier alpha value is -3.31. The van der Waals surface area contributed by atoms with Crippen LogP contribution in [0.15, 0.2) is 84.9 Å². The molecule has 32 heavy (non-hydrogen) atoms. The summed E-state index contributed by atoms with van der Waals surface area (Å²) in [6, 6.07) is 25.6. The van der Waals surface area contributed by atoms with E-state index in [-0.39, 0.29) is 6.04 Å². The first kappa shape index (κ1) is 21.9. The van der Waals surface area contributed by atoms with Crippen LogP contribution in [-0.4, -0.2) is 7.11 Å². The fourth-order valence-electron chi connectivity index (χ4n) is 3.96. The molecule has 4 rings (SSSR count). The van der Waals surface area contributed by atoms with Crippen molar-refractivity contribution < 1.29 is 17.9 Å². The van der Waals surface area contributed by atoms with Gasteiger partial charge in [-0.15, -0.1) is 0 Å². The Bertz CT molecular complexity index is 1230. The molecule has 0 aliphatic heterocycles. The Morgan fingerprint density at radius 1 is 0.875 bits per heavy atom. The van der Waals surface area contributed by atoms with E-state index < -0.39 is 11.7 Å². The molecular formula is C27H24F3NO. The number of alkyl halides is 3. The van der Waals surface area contributed by atoms with Crippen molar-refractivity contribution in [3.05, 3.63) is 102 Å². The number of nitrogens with one attached hydrogen (secondary N) is 1. The number of fused-ring (bicyclic) bond motifs is 1. The van der Waals surface area contributed by atoms with Crippen LogP contribution in [0.5, 0.6) is 5.75 Å². The minimum absolute atomic E-state index is 0.0974. The summed E-state index contributed by atoms with van der Waals surface area (Å²) >= 11 is 0. The van der Waals surface area contributed by atoms with Crippen molar-refractivity contribution in [2.45, 2.75) is 25.7 Å². The van der Waals surface area contributed by atoms with Crippen molar-refractivity contribution in [1.29, 1.82) is 0 Å². The van der Waals surface area contributed by atoms with Crippen LogP contribution < -0.4 is 10.1 Å². The number of ether oxygens (including phenoxy) is 1. The van der Waals surface area contributed by atoms with Crippen molar-refractivity contribution in [2.24, 2.45) is 0 Å². The summed E-state index contributed by atoms with van der Waals surface area (Å²) in [6.45, 7) is 2.68. The molecule has 4 aromatic carbocycles. The highest BCUT2D eigenvalue weighted by Gasteiger charge is 2.30. The Morgan fingerprint density at radius 2 is 1.62 bits per heavy atom. The molecule has 2 nitrogen and oxygen atoms in total. The van der Waals surface area contributed by atoms with Crippen molar-refractivity contribution >= 4 is 10.8 Å². The van der Waals surface area contributed by atoms with Gasteiger partial charge in [-0.25, -0.2) is 0 Å². The second-order valence-corrected chi connectivity index (χ2v) is 7.78. The lowest BCUT2D eigenvalue weighted by Crippen LogP contribution is -2.18. The van der Waals surface area contributed by atoms with E-state index in [2.05, 4.69) is 42.6 Å². The van der Waals surface area contributed by atoms with E-state index >= 15 is 0 Å². The van der Waals surface area contributed by atoms with E-state index in [1.54, 1.807) is 12.1 Å². The smallest absolute Gasteiger partial charge is 0.416 e. The Morgan fingerprint density at radius 3 is 2.41 bits per heavy atom. The van der Waals surface area contributed by atoms with Gasteiger partial charge >= 0.3 is 6.18 Å². The zero-order valence-corrected chi connectivity index (χ0v) is 17.9. The average molecular weight is 435 g/mol. The van der Waals surface area contributed by atoms with Crippen LogP contribution >= 0.6 is 0 Å². The second-order valence-electron chi connectivity index (χ2n) is 7.78. The van der Waals surface area contributed by atoms with Gasteiger partial charge in [0.05, 0.1) is 12.7 Å². The van der Waals surface area contributed by atoms with E-state index in [0.717, 1.165) is 17.7 Å². The van der Waals surface area contributed by atoms with Crippen molar-refractivity contribution in [3.63, 3.8) is 0 Å². The normalized spacial score (nSPS) is 12.7. The molecule has 1 N–H and O–H groups in total. The summed E-state index contributed by atoms with van der Waals surface area (Å²) in [6.07, 6.45) is -4.39. The molecule has 164 valence electrons. The minimum Gasteiger partial charge on any atom is -0.496 e. The predicted octanol–water partition coefficient (Wildman–Crippen LogP) is 7.39. The maximum atomic E-state index is 13.2. The first-order valence-corrected chi connectivity index (χ1v) is 10.4. The highest BCUT2D eigenvalue weighted by Crippen LogP contribution is 2.36. The molecular weight excluding hydrogens is 411 g/mol. The first-order chi connectivity index (χ1) is 15.4. The van der Waals surface area contributed by atoms with Gasteiger partial charge < -0.3 is 10.1 Å². The quantitative estimate of drug-likeness (QED) is 0.341. The molecule has 5 heteroatoms. The van der Waals surface area contributed by atoms with E-state index in [9.17, 15) is 13.2 Å². The third kappa shape index (κ3) is 4.63. The number of benzene rings is 4. The Balaban J connectivity index is 1.59. The van der Waals surface area contributed by atoms with Crippen molar-refractivity contribution in [3.8, 4) is 16.9 Å². The Labute approximate surface area is 185 Å². The molecule has 1 unspecified atom stereocenters. The van der Waals surface area contributed by atoms with Crippen LogP contribution in [0, 0.1) is 0 Å². The zero-order valence-electron chi connectivity index (χ0n) is 17.9. The van der Waals surface area contributed by atoms with Gasteiger partial charge in [0.2, 0.25) is 0 Å². The molecule has 0 fully saturated rings. The molecule has 0 saturated heterocycles. The lowest BCUT2D eigenvalue weighted by atomic mass is 9.98. The first-order valence-electron chi connectivity index (χ1n) is 10.4. The molecule has 0 aromatic heterocycles. The SMILES string of the molecule is COc1ccc(CNC(C)c2cccc3ccccc23)cc1-c1cccc(C(F)(F)F)c1. The van der Waals surface area contributed by atoms with Crippen LogP contribution in [0.2, 0.25) is 0 Å². The minimum atomic E-state index is -4.39. The van der Waals surface area contributed by atoms with Gasteiger partial charge in [-0.05, 0) is 58.7 Å². The van der Waals surface area contributed by atoms with Gasteiger partial charge in [-0.2, -0.15) is 13.2 Å². The maximum Gasteiger partial charge on any atom is 0.416 e. The van der Waals surface area contributed by atoms with Crippen LogP contribution in [-0.2, 0) is 12.7 Å². The summed E-state index contributed by atoms with van der Waals surface area (Å²) in [7, 11) is 1.52. The summed E-state index contributed by atoms with van der Waals surface area (Å²) in [4.78, 5) is 0. The predicted molar refractivity (Wildman–Crippen MR) is 123 cm³/mol. The van der Waals surface area contributed by atoms with Crippen LogP contribution in [0.25, 0.3) is 21.9 Å². The van der Waals surface area contributed by atoms with E-state index in [0.29, 0.717) is 23.4 Å². The van der Waals surface area contributed by atoms with E-state index in [1.165, 1.54) is 29.5 Å². The van der Waals surface area contributed by atoms with Gasteiger partial charge in [0.1, 0.15) is 5.75 Å². The standard InChI is InChI=1S/C27H24F3NO/c1-18(23-12-6-8-20-7-3-4-11-24(20)23)31-17-19-13-14-26(32-2)25(15-19)21-9-5-10-22(16-21)27(28,29)30/h3-16,18,31H,17H2,1-2H3. The molecule has 0 aliphatic rings. The summed E-state index contributed by atoms with van der Waals surface area (Å²) in [5, 5.41) is 5.93. The molecule has 1 atom stereocenters. The molecule has 4 aromatic rings. The number of halogens is 3. The lowest BCUT2D eigenvalue weighted by molar-refractivity contribution is -0.137. The monoisotopic (exact) mass is 435 g/mol. The molecule has 0 spiro atoms. The fraction of sp³-hybridized carbons (Fsp3) is 0.185. The largest absolute Gasteiger partial charge is 0.496 e. The third-order valence-corrected chi connectivity index (χ3v) is 5.67. The van der Waals surface area contributed by atoms with Gasteiger partial charge in [-0.1, -0.05) is 60.7 Å². The van der Waals surface area contributed by atoms with Crippen molar-refractivity contribution in [1.82, 2.24) is 5.32 Å². The summed E-state index contributed by atoms with van der Waals surface area (Å²) < 4.78 is 45.0. The molecule has 0 aliphatic carbocycles. The third-order valence-electron chi connectivity index (χ3n) is 5.67. The summed E-state index contributed by atoms with van der Waals surface area (Å²) in [5.41, 5.74) is 2.60. The van der Waals surface area contributed by atoms with Crippen molar-refractivity contribution in [2.75, 3.05) is 7.11 Å².